The highest BCUT2D eigenvalue weighted by molar-refractivity contribution is 7.91. The molecule has 1 amide bonds. The molecule has 11 heteroatoms. The molecule has 0 spiro atoms. The van der Waals surface area contributed by atoms with Crippen molar-refractivity contribution in [1.29, 1.82) is 0 Å². The second-order valence-electron chi connectivity index (χ2n) is 7.45. The molecule has 2 aliphatic rings. The summed E-state index contributed by atoms with van der Waals surface area (Å²) < 4.78 is 31.8. The van der Waals surface area contributed by atoms with Crippen LogP contribution in [0.5, 0.6) is 11.6 Å². The summed E-state index contributed by atoms with van der Waals surface area (Å²) in [5.41, 5.74) is 1.37. The Labute approximate surface area is 172 Å². The van der Waals surface area contributed by atoms with E-state index in [4.69, 9.17) is 9.84 Å². The number of aryl methyl sites for hydroxylation is 1. The summed E-state index contributed by atoms with van der Waals surface area (Å²) in [4.78, 5) is 21.5. The van der Waals surface area contributed by atoms with Crippen LogP contribution in [0.2, 0.25) is 0 Å². The Balaban J connectivity index is 1.41. The van der Waals surface area contributed by atoms with Crippen molar-refractivity contribution >= 4 is 27.0 Å². The van der Waals surface area contributed by atoms with Gasteiger partial charge in [0.2, 0.25) is 5.88 Å². The number of likely N-dealkylation sites (tertiary alicyclic amines) is 1. The number of rotatable bonds is 3. The molecule has 0 aliphatic carbocycles. The van der Waals surface area contributed by atoms with Gasteiger partial charge in [-0.25, -0.2) is 27.9 Å². The second-order valence-corrected chi connectivity index (χ2v) is 9.52. The standard InChI is InChI=1S/C19H19N5O5S/c25-19(26)23-6-3-13(4-7-23)24-17-15(10-22-24)18(21-11-20-17)29-14-1-2-16-12(9-14)5-8-30(16,27)28/h1-2,9-11,13H,3-8H2,(H,25,26). The molecule has 1 N–H and O–H groups in total. The van der Waals surface area contributed by atoms with Crippen LogP contribution >= 0.6 is 0 Å². The molecule has 4 heterocycles. The predicted molar refractivity (Wildman–Crippen MR) is 105 cm³/mol. The van der Waals surface area contributed by atoms with Crippen LogP contribution < -0.4 is 4.74 Å². The molecule has 0 unspecified atom stereocenters. The molecule has 10 nitrogen and oxygen atoms in total. The van der Waals surface area contributed by atoms with Gasteiger partial charge in [-0.3, -0.25) is 0 Å². The summed E-state index contributed by atoms with van der Waals surface area (Å²) in [6.45, 7) is 0.904. The van der Waals surface area contributed by atoms with Crippen LogP contribution in [-0.4, -0.2) is 63.1 Å². The molecule has 2 aromatic heterocycles. The van der Waals surface area contributed by atoms with Gasteiger partial charge in [-0.2, -0.15) is 5.10 Å². The minimum Gasteiger partial charge on any atom is -0.465 e. The first-order valence-electron chi connectivity index (χ1n) is 9.62. The van der Waals surface area contributed by atoms with E-state index in [9.17, 15) is 13.2 Å². The Bertz CT molecular complexity index is 1250. The third kappa shape index (κ3) is 3.15. The normalized spacial score (nSPS) is 18.5. The van der Waals surface area contributed by atoms with Gasteiger partial charge in [0.05, 0.1) is 22.9 Å². The first-order valence-corrected chi connectivity index (χ1v) is 11.3. The summed E-state index contributed by atoms with van der Waals surface area (Å²) in [7, 11) is -3.18. The van der Waals surface area contributed by atoms with Gasteiger partial charge in [-0.15, -0.1) is 0 Å². The molecule has 0 saturated carbocycles. The average Bonchev–Trinajstić information content (AvgIpc) is 3.30. The van der Waals surface area contributed by atoms with Crippen LogP contribution in [0.3, 0.4) is 0 Å². The fraction of sp³-hybridized carbons (Fsp3) is 0.368. The van der Waals surface area contributed by atoms with E-state index in [2.05, 4.69) is 15.1 Å². The van der Waals surface area contributed by atoms with Crippen molar-refractivity contribution in [1.82, 2.24) is 24.6 Å². The lowest BCUT2D eigenvalue weighted by atomic mass is 10.1. The van der Waals surface area contributed by atoms with Crippen molar-refractivity contribution in [2.75, 3.05) is 18.8 Å². The van der Waals surface area contributed by atoms with Gasteiger partial charge in [0.1, 0.15) is 17.5 Å². The van der Waals surface area contributed by atoms with E-state index in [-0.39, 0.29) is 11.8 Å². The van der Waals surface area contributed by atoms with E-state index in [0.29, 0.717) is 59.9 Å². The van der Waals surface area contributed by atoms with E-state index in [0.717, 1.165) is 5.56 Å². The molecule has 0 atom stereocenters. The lowest BCUT2D eigenvalue weighted by molar-refractivity contribution is 0.124. The molecule has 1 fully saturated rings. The Hall–Kier alpha value is -3.21. The maximum absolute atomic E-state index is 12.0. The number of hydrogen-bond donors (Lipinski definition) is 1. The average molecular weight is 429 g/mol. The number of ether oxygens (including phenoxy) is 1. The summed E-state index contributed by atoms with van der Waals surface area (Å²) in [5.74, 6) is 0.972. The summed E-state index contributed by atoms with van der Waals surface area (Å²) >= 11 is 0. The van der Waals surface area contributed by atoms with Crippen LogP contribution in [0.25, 0.3) is 11.0 Å². The number of carbonyl (C=O) groups is 1. The van der Waals surface area contributed by atoms with Crippen molar-refractivity contribution < 1.29 is 23.1 Å². The summed E-state index contributed by atoms with van der Waals surface area (Å²) in [5, 5.41) is 14.2. The number of nitrogens with zero attached hydrogens (tertiary/aromatic N) is 5. The molecule has 3 aromatic rings. The summed E-state index contributed by atoms with van der Waals surface area (Å²) in [6, 6.07) is 4.98. The number of carboxylic acid groups (broad SMARTS) is 1. The maximum atomic E-state index is 12.0. The van der Waals surface area contributed by atoms with Crippen molar-refractivity contribution in [3.05, 3.63) is 36.3 Å². The molecule has 1 saturated heterocycles. The SMILES string of the molecule is O=C(O)N1CCC(n2ncc3c(Oc4ccc5c(c4)CCS5(=O)=O)ncnc32)CC1. The zero-order chi connectivity index (χ0) is 20.9. The van der Waals surface area contributed by atoms with Crippen molar-refractivity contribution in [2.24, 2.45) is 0 Å². The van der Waals surface area contributed by atoms with E-state index < -0.39 is 15.9 Å². The number of piperidine rings is 1. The summed E-state index contributed by atoms with van der Waals surface area (Å²) in [6.07, 6.45) is 3.93. The predicted octanol–water partition coefficient (Wildman–Crippen LogP) is 2.26. The van der Waals surface area contributed by atoms with Gasteiger partial charge in [0.25, 0.3) is 0 Å². The number of amides is 1. The van der Waals surface area contributed by atoms with Gasteiger partial charge >= 0.3 is 6.09 Å². The molecule has 0 radical (unpaired) electrons. The lowest BCUT2D eigenvalue weighted by Gasteiger charge is -2.30. The fourth-order valence-corrected chi connectivity index (χ4v) is 5.62. The monoisotopic (exact) mass is 429 g/mol. The quantitative estimate of drug-likeness (QED) is 0.672. The Morgan fingerprint density at radius 1 is 1.20 bits per heavy atom. The number of hydrogen-bond acceptors (Lipinski definition) is 7. The minimum atomic E-state index is -3.18. The highest BCUT2D eigenvalue weighted by Crippen LogP contribution is 2.33. The van der Waals surface area contributed by atoms with E-state index in [1.54, 1.807) is 29.1 Å². The van der Waals surface area contributed by atoms with Gasteiger partial charge < -0.3 is 14.7 Å². The Morgan fingerprint density at radius 3 is 2.77 bits per heavy atom. The number of sulfone groups is 1. The molecule has 30 heavy (non-hydrogen) atoms. The molecule has 156 valence electrons. The van der Waals surface area contributed by atoms with Gasteiger partial charge in [-0.1, -0.05) is 0 Å². The third-order valence-corrected chi connectivity index (χ3v) is 7.47. The highest BCUT2D eigenvalue weighted by Gasteiger charge is 2.27. The first-order chi connectivity index (χ1) is 14.4. The van der Waals surface area contributed by atoms with E-state index >= 15 is 0 Å². The molecular weight excluding hydrogens is 410 g/mol. The van der Waals surface area contributed by atoms with Crippen LogP contribution in [0.1, 0.15) is 24.4 Å². The topological polar surface area (TPSA) is 128 Å². The lowest BCUT2D eigenvalue weighted by Crippen LogP contribution is -2.38. The van der Waals surface area contributed by atoms with E-state index in [1.165, 1.54) is 11.2 Å². The zero-order valence-corrected chi connectivity index (χ0v) is 16.7. The third-order valence-electron chi connectivity index (χ3n) is 5.66. The van der Waals surface area contributed by atoms with Gasteiger partial charge in [0, 0.05) is 13.1 Å². The van der Waals surface area contributed by atoms with Crippen molar-refractivity contribution in [3.63, 3.8) is 0 Å². The molecule has 0 bridgehead atoms. The highest BCUT2D eigenvalue weighted by atomic mass is 32.2. The van der Waals surface area contributed by atoms with Crippen LogP contribution in [-0.2, 0) is 16.3 Å². The first kappa shape index (κ1) is 18.8. The van der Waals surface area contributed by atoms with E-state index in [1.807, 2.05) is 0 Å². The van der Waals surface area contributed by atoms with Gasteiger partial charge in [0.15, 0.2) is 15.5 Å². The smallest absolute Gasteiger partial charge is 0.407 e. The molecule has 5 rings (SSSR count). The maximum Gasteiger partial charge on any atom is 0.407 e. The number of fused-ring (bicyclic) bond motifs is 2. The Morgan fingerprint density at radius 2 is 2.00 bits per heavy atom. The second kappa shape index (κ2) is 6.94. The van der Waals surface area contributed by atoms with Crippen LogP contribution in [0, 0.1) is 0 Å². The fourth-order valence-electron chi connectivity index (χ4n) is 4.08. The Kier molecular flexibility index (Phi) is 4.35. The zero-order valence-electron chi connectivity index (χ0n) is 15.9. The van der Waals surface area contributed by atoms with Crippen molar-refractivity contribution in [2.45, 2.75) is 30.2 Å². The van der Waals surface area contributed by atoms with Gasteiger partial charge in [-0.05, 0) is 43.0 Å². The molecule has 2 aliphatic heterocycles. The minimum absolute atomic E-state index is 0.0473. The van der Waals surface area contributed by atoms with Crippen LogP contribution in [0.4, 0.5) is 4.79 Å². The molecular formula is C19H19N5O5S. The number of aromatic nitrogens is 4. The molecule has 1 aromatic carbocycles. The number of benzene rings is 1. The largest absolute Gasteiger partial charge is 0.465 e. The van der Waals surface area contributed by atoms with Crippen molar-refractivity contribution in [3.8, 4) is 11.6 Å². The van der Waals surface area contributed by atoms with Crippen LogP contribution in [0.15, 0.2) is 35.6 Å².